The van der Waals surface area contributed by atoms with Crippen molar-refractivity contribution >= 4 is 43.7 Å². The van der Waals surface area contributed by atoms with E-state index in [0.717, 1.165) is 22.4 Å². The number of hydrogen-bond donors (Lipinski definition) is 0. The highest BCUT2D eigenvalue weighted by atomic mass is 16.3. The maximum absolute atomic E-state index is 6.23. The van der Waals surface area contributed by atoms with Gasteiger partial charge in [-0.25, -0.2) is 0 Å². The molecule has 2 heteroatoms. The van der Waals surface area contributed by atoms with Gasteiger partial charge in [0.2, 0.25) is 0 Å². The molecule has 2 heterocycles. The van der Waals surface area contributed by atoms with Crippen LogP contribution in [0.3, 0.4) is 0 Å². The summed E-state index contributed by atoms with van der Waals surface area (Å²) in [6, 6.07) is 29.9. The number of benzene rings is 4. The quantitative estimate of drug-likeness (QED) is 0.313. The van der Waals surface area contributed by atoms with Gasteiger partial charge in [0.25, 0.3) is 0 Å². The zero-order valence-electron chi connectivity index (χ0n) is 14.9. The van der Waals surface area contributed by atoms with Gasteiger partial charge in [0.05, 0.1) is 22.1 Å². The largest absolute Gasteiger partial charge is 0.456 e. The minimum Gasteiger partial charge on any atom is -0.456 e. The standard InChI is InChI=1S/C25H17NO/c1-16-8-6-11-19-24-22(14-7-15-23(24)27-25(16)19)26-20-12-4-2-9-17(20)18-10-3-5-13-21(18)26/h2-15H,1H3. The van der Waals surface area contributed by atoms with Gasteiger partial charge in [-0.05, 0) is 36.8 Å². The van der Waals surface area contributed by atoms with Crippen LogP contribution in [-0.2, 0) is 0 Å². The van der Waals surface area contributed by atoms with E-state index in [1.165, 1.54) is 32.6 Å². The van der Waals surface area contributed by atoms with Crippen molar-refractivity contribution in [3.05, 3.63) is 90.5 Å². The Hall–Kier alpha value is -3.52. The predicted molar refractivity (Wildman–Crippen MR) is 113 cm³/mol. The Bertz CT molecular complexity index is 1430. The van der Waals surface area contributed by atoms with E-state index < -0.39 is 0 Å². The maximum Gasteiger partial charge on any atom is 0.138 e. The third-order valence-electron chi connectivity index (χ3n) is 5.52. The van der Waals surface area contributed by atoms with E-state index in [0.29, 0.717) is 0 Å². The molecule has 27 heavy (non-hydrogen) atoms. The molecule has 0 aliphatic rings. The van der Waals surface area contributed by atoms with Crippen LogP contribution in [0.4, 0.5) is 0 Å². The van der Waals surface area contributed by atoms with Crippen molar-refractivity contribution in [3.63, 3.8) is 0 Å². The van der Waals surface area contributed by atoms with Crippen LogP contribution >= 0.6 is 0 Å². The van der Waals surface area contributed by atoms with Gasteiger partial charge >= 0.3 is 0 Å². The summed E-state index contributed by atoms with van der Waals surface area (Å²) in [7, 11) is 0. The second kappa shape index (κ2) is 5.24. The SMILES string of the molecule is Cc1cccc2c1oc1cccc(-n3c4ccccc4c4ccccc43)c12. The Morgan fingerprint density at radius 1 is 0.630 bits per heavy atom. The highest BCUT2D eigenvalue weighted by Crippen LogP contribution is 2.38. The summed E-state index contributed by atoms with van der Waals surface area (Å²) in [6.07, 6.45) is 0. The molecule has 128 valence electrons. The zero-order chi connectivity index (χ0) is 18.0. The summed E-state index contributed by atoms with van der Waals surface area (Å²) in [5, 5.41) is 4.88. The van der Waals surface area contributed by atoms with Crippen LogP contribution in [0.15, 0.2) is 89.3 Å². The molecule has 4 aromatic carbocycles. The van der Waals surface area contributed by atoms with Gasteiger partial charge in [-0.15, -0.1) is 0 Å². The number of para-hydroxylation sites is 3. The van der Waals surface area contributed by atoms with Gasteiger partial charge in [-0.1, -0.05) is 60.7 Å². The summed E-state index contributed by atoms with van der Waals surface area (Å²) in [5.74, 6) is 0. The first-order chi connectivity index (χ1) is 13.3. The summed E-state index contributed by atoms with van der Waals surface area (Å²) >= 11 is 0. The fraction of sp³-hybridized carbons (Fsp3) is 0.0400. The van der Waals surface area contributed by atoms with Crippen molar-refractivity contribution in [2.75, 3.05) is 0 Å². The van der Waals surface area contributed by atoms with Gasteiger partial charge < -0.3 is 8.98 Å². The molecule has 0 N–H and O–H groups in total. The summed E-state index contributed by atoms with van der Waals surface area (Å²) < 4.78 is 8.60. The molecule has 0 aliphatic carbocycles. The van der Waals surface area contributed by atoms with E-state index in [1.54, 1.807) is 0 Å². The lowest BCUT2D eigenvalue weighted by Gasteiger charge is -2.09. The first-order valence-electron chi connectivity index (χ1n) is 9.22. The molecule has 0 radical (unpaired) electrons. The molecule has 6 rings (SSSR count). The molecule has 0 atom stereocenters. The Labute approximate surface area is 156 Å². The van der Waals surface area contributed by atoms with Crippen molar-refractivity contribution < 1.29 is 4.42 Å². The molecule has 6 aromatic rings. The monoisotopic (exact) mass is 347 g/mol. The van der Waals surface area contributed by atoms with E-state index >= 15 is 0 Å². The zero-order valence-corrected chi connectivity index (χ0v) is 14.9. The Kier molecular flexibility index (Phi) is 2.84. The predicted octanol–water partition coefficient (Wildman–Crippen LogP) is 6.99. The normalized spacial score (nSPS) is 11.9. The highest BCUT2D eigenvalue weighted by molar-refractivity contribution is 6.14. The maximum atomic E-state index is 6.23. The average Bonchev–Trinajstić information content (AvgIpc) is 3.25. The fourth-order valence-corrected chi connectivity index (χ4v) is 4.34. The van der Waals surface area contributed by atoms with Gasteiger partial charge in [0.15, 0.2) is 0 Å². The van der Waals surface area contributed by atoms with Gasteiger partial charge in [0.1, 0.15) is 11.2 Å². The number of aromatic nitrogens is 1. The van der Waals surface area contributed by atoms with Crippen LogP contribution in [0.2, 0.25) is 0 Å². The van der Waals surface area contributed by atoms with Gasteiger partial charge in [0, 0.05) is 16.2 Å². The van der Waals surface area contributed by atoms with Crippen molar-refractivity contribution in [3.8, 4) is 5.69 Å². The van der Waals surface area contributed by atoms with Crippen molar-refractivity contribution in [2.45, 2.75) is 6.92 Å². The van der Waals surface area contributed by atoms with Crippen molar-refractivity contribution in [1.82, 2.24) is 4.57 Å². The van der Waals surface area contributed by atoms with Crippen molar-refractivity contribution in [2.24, 2.45) is 0 Å². The fourth-order valence-electron chi connectivity index (χ4n) is 4.34. The van der Waals surface area contributed by atoms with Crippen LogP contribution in [0.1, 0.15) is 5.56 Å². The average molecular weight is 347 g/mol. The van der Waals surface area contributed by atoms with Crippen molar-refractivity contribution in [1.29, 1.82) is 0 Å². The second-order valence-electron chi connectivity index (χ2n) is 7.07. The molecule has 2 nitrogen and oxygen atoms in total. The molecule has 0 saturated heterocycles. The second-order valence-corrected chi connectivity index (χ2v) is 7.07. The lowest BCUT2D eigenvalue weighted by atomic mass is 10.1. The number of aryl methyl sites for hydroxylation is 1. The van der Waals surface area contributed by atoms with Crippen LogP contribution < -0.4 is 0 Å². The van der Waals surface area contributed by atoms with Gasteiger partial charge in [-0.3, -0.25) is 0 Å². The molecule has 0 fully saturated rings. The Morgan fingerprint density at radius 3 is 2.00 bits per heavy atom. The molecule has 0 unspecified atom stereocenters. The smallest absolute Gasteiger partial charge is 0.138 e. The summed E-state index contributed by atoms with van der Waals surface area (Å²) in [4.78, 5) is 0. The van der Waals surface area contributed by atoms with E-state index in [1.807, 2.05) is 0 Å². The van der Waals surface area contributed by atoms with Crippen LogP contribution in [0.25, 0.3) is 49.4 Å². The molecule has 0 aliphatic heterocycles. The summed E-state index contributed by atoms with van der Waals surface area (Å²) in [5.41, 5.74) is 6.66. The third-order valence-corrected chi connectivity index (χ3v) is 5.52. The lowest BCUT2D eigenvalue weighted by Crippen LogP contribution is -1.94. The number of nitrogens with zero attached hydrogens (tertiary/aromatic N) is 1. The molecule has 0 amide bonds. The topological polar surface area (TPSA) is 18.1 Å². The highest BCUT2D eigenvalue weighted by Gasteiger charge is 2.17. The van der Waals surface area contributed by atoms with E-state index in [9.17, 15) is 0 Å². The Morgan fingerprint density at radius 2 is 1.26 bits per heavy atom. The van der Waals surface area contributed by atoms with Crippen LogP contribution in [0, 0.1) is 6.92 Å². The van der Waals surface area contributed by atoms with E-state index in [4.69, 9.17) is 4.42 Å². The van der Waals surface area contributed by atoms with E-state index in [-0.39, 0.29) is 0 Å². The minimum atomic E-state index is 0.929. The number of hydrogen-bond acceptors (Lipinski definition) is 1. The number of furan rings is 1. The first-order valence-corrected chi connectivity index (χ1v) is 9.22. The molecular weight excluding hydrogens is 330 g/mol. The van der Waals surface area contributed by atoms with Crippen LogP contribution in [-0.4, -0.2) is 4.57 Å². The number of rotatable bonds is 1. The minimum absolute atomic E-state index is 0.929. The van der Waals surface area contributed by atoms with E-state index in [2.05, 4.69) is 96.4 Å². The summed E-state index contributed by atoms with van der Waals surface area (Å²) in [6.45, 7) is 2.10. The molecule has 0 bridgehead atoms. The first kappa shape index (κ1) is 14.6. The van der Waals surface area contributed by atoms with Gasteiger partial charge in [-0.2, -0.15) is 0 Å². The molecular formula is C25H17NO. The molecule has 2 aromatic heterocycles. The van der Waals surface area contributed by atoms with Crippen LogP contribution in [0.5, 0.6) is 0 Å². The lowest BCUT2D eigenvalue weighted by molar-refractivity contribution is 0.665. The molecule has 0 saturated carbocycles. The number of fused-ring (bicyclic) bond motifs is 6. The third kappa shape index (κ3) is 1.90. The Balaban J connectivity index is 1.87. The molecule has 0 spiro atoms.